The highest BCUT2D eigenvalue weighted by Crippen LogP contribution is 2.21. The van der Waals surface area contributed by atoms with Crippen molar-refractivity contribution in [2.45, 2.75) is 30.8 Å². The number of ketones is 1. The van der Waals surface area contributed by atoms with Crippen LogP contribution in [0.1, 0.15) is 6.92 Å². The molecule has 4 atom stereocenters. The molecule has 0 rings (SSSR count). The molecule has 7 nitrogen and oxygen atoms in total. The number of aliphatic hydroxyl groups is 5. The summed E-state index contributed by atoms with van der Waals surface area (Å²) in [4.78, 5) is 22.0. The Labute approximate surface area is 99.5 Å². The molecule has 0 spiro atoms. The topological polar surface area (TPSA) is 135 Å². The molecule has 0 heterocycles. The molecule has 0 aliphatic rings. The van der Waals surface area contributed by atoms with Gasteiger partial charge in [-0.3, -0.25) is 9.59 Å². The molecule has 0 radical (unpaired) electrons. The SMILES string of the molecule is CC(=O)[C@@](O)(C(=O)Br)[C@@H](O)[C@H](O)[C@H](O)CO. The van der Waals surface area contributed by atoms with Gasteiger partial charge in [0.25, 0.3) is 0 Å². The van der Waals surface area contributed by atoms with Crippen LogP contribution in [0.15, 0.2) is 0 Å². The third-order valence-corrected chi connectivity index (χ3v) is 2.77. The van der Waals surface area contributed by atoms with Crippen LogP contribution in [-0.2, 0) is 9.59 Å². The highest BCUT2D eigenvalue weighted by Gasteiger charge is 2.51. The molecular formula is C8H13BrO7. The fraction of sp³-hybridized carbons (Fsp3) is 0.750. The Balaban J connectivity index is 5.11. The normalized spacial score (nSPS) is 20.7. The second kappa shape index (κ2) is 5.80. The van der Waals surface area contributed by atoms with Crippen molar-refractivity contribution in [3.05, 3.63) is 0 Å². The minimum Gasteiger partial charge on any atom is -0.394 e. The Hall–Kier alpha value is -0.380. The van der Waals surface area contributed by atoms with Gasteiger partial charge in [0, 0.05) is 0 Å². The van der Waals surface area contributed by atoms with Crippen LogP contribution in [0, 0.1) is 0 Å². The average molecular weight is 301 g/mol. The lowest BCUT2D eigenvalue weighted by Crippen LogP contribution is -2.60. The summed E-state index contributed by atoms with van der Waals surface area (Å²) in [5.41, 5.74) is -2.87. The van der Waals surface area contributed by atoms with Gasteiger partial charge in [0.15, 0.2) is 5.78 Å². The number of carbonyl (C=O) groups excluding carboxylic acids is 2. The zero-order valence-corrected chi connectivity index (χ0v) is 9.96. The Bertz CT molecular complexity index is 266. The summed E-state index contributed by atoms with van der Waals surface area (Å²) in [5.74, 6) is -1.11. The van der Waals surface area contributed by atoms with Gasteiger partial charge in [-0.25, -0.2) is 0 Å². The monoisotopic (exact) mass is 300 g/mol. The van der Waals surface area contributed by atoms with E-state index in [1.807, 2.05) is 0 Å². The average Bonchev–Trinajstić information content (AvgIpc) is 2.23. The van der Waals surface area contributed by atoms with Crippen LogP contribution in [-0.4, -0.2) is 66.5 Å². The van der Waals surface area contributed by atoms with Gasteiger partial charge >= 0.3 is 0 Å². The number of Topliss-reactive ketones (excluding diaryl/α,β-unsaturated/α-hetero) is 1. The van der Waals surface area contributed by atoms with Crippen molar-refractivity contribution < 1.29 is 35.1 Å². The standard InChI is InChI=1S/C8H13BrO7/c1-3(11)8(16,7(9)15)6(14)5(13)4(12)2-10/h4-6,10,12-14,16H,2H2,1H3/t4-,5-,6+,8+/m1/s1. The van der Waals surface area contributed by atoms with Crippen molar-refractivity contribution in [3.8, 4) is 0 Å². The predicted octanol–water partition coefficient (Wildman–Crippen LogP) is -2.70. The molecule has 5 N–H and O–H groups in total. The fourth-order valence-electron chi connectivity index (χ4n) is 1.03. The van der Waals surface area contributed by atoms with E-state index in [-0.39, 0.29) is 0 Å². The first kappa shape index (κ1) is 15.6. The predicted molar refractivity (Wildman–Crippen MR) is 54.7 cm³/mol. The van der Waals surface area contributed by atoms with Gasteiger partial charge in [-0.15, -0.1) is 0 Å². The zero-order chi connectivity index (χ0) is 13.1. The van der Waals surface area contributed by atoms with E-state index in [1.54, 1.807) is 0 Å². The smallest absolute Gasteiger partial charge is 0.239 e. The van der Waals surface area contributed by atoms with Crippen molar-refractivity contribution in [3.63, 3.8) is 0 Å². The highest BCUT2D eigenvalue weighted by atomic mass is 79.9. The van der Waals surface area contributed by atoms with Crippen molar-refractivity contribution in [2.24, 2.45) is 0 Å². The molecule has 0 fully saturated rings. The molecule has 0 saturated carbocycles. The fourth-order valence-corrected chi connectivity index (χ4v) is 1.54. The van der Waals surface area contributed by atoms with Gasteiger partial charge in [0.05, 0.1) is 6.61 Å². The molecule has 16 heavy (non-hydrogen) atoms. The third-order valence-electron chi connectivity index (χ3n) is 2.17. The molecule has 94 valence electrons. The van der Waals surface area contributed by atoms with Crippen LogP contribution < -0.4 is 0 Å². The highest BCUT2D eigenvalue weighted by molar-refractivity contribution is 9.18. The van der Waals surface area contributed by atoms with Gasteiger partial charge in [-0.05, 0) is 22.9 Å². The molecule has 0 aromatic rings. The van der Waals surface area contributed by atoms with Crippen LogP contribution >= 0.6 is 15.9 Å². The molecule has 0 aliphatic carbocycles. The molecule has 0 amide bonds. The van der Waals surface area contributed by atoms with E-state index in [0.29, 0.717) is 0 Å². The van der Waals surface area contributed by atoms with Gasteiger partial charge in [0.2, 0.25) is 10.3 Å². The number of aliphatic hydroxyl groups excluding tert-OH is 4. The largest absolute Gasteiger partial charge is 0.394 e. The summed E-state index contributed by atoms with van der Waals surface area (Å²) in [5, 5.41) is 45.8. The second-order valence-corrected chi connectivity index (χ2v) is 4.00. The molecular weight excluding hydrogens is 288 g/mol. The van der Waals surface area contributed by atoms with Gasteiger partial charge in [-0.1, -0.05) is 0 Å². The molecule has 0 aliphatic heterocycles. The maximum absolute atomic E-state index is 11.0. The summed E-state index contributed by atoms with van der Waals surface area (Å²) < 4.78 is -1.25. The maximum Gasteiger partial charge on any atom is 0.239 e. The Morgan fingerprint density at radius 1 is 1.31 bits per heavy atom. The molecule has 0 bridgehead atoms. The van der Waals surface area contributed by atoms with Crippen molar-refractivity contribution in [1.82, 2.24) is 0 Å². The number of rotatable bonds is 6. The number of halogens is 1. The van der Waals surface area contributed by atoms with Crippen LogP contribution in [0.2, 0.25) is 0 Å². The first-order valence-corrected chi connectivity index (χ1v) is 5.07. The summed E-state index contributed by atoms with van der Waals surface area (Å²) in [6, 6.07) is 0. The van der Waals surface area contributed by atoms with Gasteiger partial charge in [0.1, 0.15) is 18.3 Å². The molecule has 0 aromatic heterocycles. The summed E-state index contributed by atoms with van der Waals surface area (Å²) in [6.07, 6.45) is -6.08. The van der Waals surface area contributed by atoms with E-state index in [9.17, 15) is 24.9 Å². The Morgan fingerprint density at radius 2 is 1.75 bits per heavy atom. The molecule has 8 heteroatoms. The Morgan fingerprint density at radius 3 is 2.00 bits per heavy atom. The quantitative estimate of drug-likeness (QED) is 0.266. The third kappa shape index (κ3) is 2.84. The van der Waals surface area contributed by atoms with Crippen molar-refractivity contribution >= 4 is 26.4 Å². The molecule has 0 saturated heterocycles. The van der Waals surface area contributed by atoms with E-state index in [4.69, 9.17) is 10.2 Å². The van der Waals surface area contributed by atoms with Crippen molar-refractivity contribution in [2.75, 3.05) is 6.61 Å². The summed E-state index contributed by atoms with van der Waals surface area (Å²) in [6.45, 7) is -0.0664. The lowest BCUT2D eigenvalue weighted by molar-refractivity contribution is -0.174. The van der Waals surface area contributed by atoms with Gasteiger partial charge < -0.3 is 25.5 Å². The maximum atomic E-state index is 11.0. The summed E-state index contributed by atoms with van der Waals surface area (Å²) in [7, 11) is 0. The van der Waals surface area contributed by atoms with Crippen LogP contribution in [0.5, 0.6) is 0 Å². The first-order valence-electron chi connectivity index (χ1n) is 4.28. The molecule has 0 aromatic carbocycles. The number of hydrogen-bond acceptors (Lipinski definition) is 7. The minimum atomic E-state index is -2.87. The van der Waals surface area contributed by atoms with E-state index in [2.05, 4.69) is 15.9 Å². The second-order valence-electron chi connectivity index (χ2n) is 3.28. The van der Waals surface area contributed by atoms with E-state index in [1.165, 1.54) is 0 Å². The minimum absolute atomic E-state index is 0.834. The van der Waals surface area contributed by atoms with Crippen molar-refractivity contribution in [1.29, 1.82) is 0 Å². The van der Waals surface area contributed by atoms with Crippen LogP contribution in [0.3, 0.4) is 0 Å². The van der Waals surface area contributed by atoms with E-state index < -0.39 is 41.0 Å². The van der Waals surface area contributed by atoms with Gasteiger partial charge in [-0.2, -0.15) is 0 Å². The number of hydrogen-bond donors (Lipinski definition) is 5. The van der Waals surface area contributed by atoms with E-state index in [0.717, 1.165) is 6.92 Å². The first-order chi connectivity index (χ1) is 7.19. The van der Waals surface area contributed by atoms with Crippen LogP contribution in [0.4, 0.5) is 0 Å². The lowest BCUT2D eigenvalue weighted by Gasteiger charge is -2.31. The van der Waals surface area contributed by atoms with E-state index >= 15 is 0 Å². The summed E-state index contributed by atoms with van der Waals surface area (Å²) >= 11 is 2.31. The number of carbonyl (C=O) groups is 2. The van der Waals surface area contributed by atoms with Crippen LogP contribution in [0.25, 0.3) is 0 Å². The zero-order valence-electron chi connectivity index (χ0n) is 8.37. The lowest BCUT2D eigenvalue weighted by atomic mass is 9.88. The Kier molecular flexibility index (Phi) is 5.66. The molecule has 0 unspecified atom stereocenters.